The second kappa shape index (κ2) is 11.2. The number of fused-ring (bicyclic) bond motifs is 1. The van der Waals surface area contributed by atoms with Crippen LogP contribution in [-0.2, 0) is 10.0 Å². The lowest BCUT2D eigenvalue weighted by atomic mass is 10.1. The number of sulfonamides is 1. The molecule has 2 aromatic carbocycles. The van der Waals surface area contributed by atoms with Gasteiger partial charge in [-0.05, 0) is 63.3 Å². The van der Waals surface area contributed by atoms with Gasteiger partial charge in [0, 0.05) is 30.4 Å². The zero-order valence-corrected chi connectivity index (χ0v) is 24.5. The first kappa shape index (κ1) is 28.7. The van der Waals surface area contributed by atoms with Crippen molar-refractivity contribution in [2.75, 3.05) is 18.8 Å². The average molecular weight is 595 g/mol. The van der Waals surface area contributed by atoms with Crippen LogP contribution in [0.5, 0.6) is 0 Å². The largest absolute Gasteiger partial charge is 0.382 e. The summed E-state index contributed by atoms with van der Waals surface area (Å²) < 4.78 is 29.2. The van der Waals surface area contributed by atoms with Crippen LogP contribution >= 0.6 is 11.6 Å². The predicted molar refractivity (Wildman–Crippen MR) is 159 cm³/mol. The molecule has 41 heavy (non-hydrogen) atoms. The molecule has 0 unspecified atom stereocenters. The Kier molecular flexibility index (Phi) is 7.87. The third kappa shape index (κ3) is 5.44. The van der Waals surface area contributed by atoms with E-state index >= 15 is 0 Å². The first-order valence-corrected chi connectivity index (χ1v) is 15.2. The maximum Gasteiger partial charge on any atom is 0.274 e. The summed E-state index contributed by atoms with van der Waals surface area (Å²) in [4.78, 5) is 35.6. The highest BCUT2D eigenvalue weighted by atomic mass is 35.5. The zero-order chi connectivity index (χ0) is 29.5. The molecule has 3 N–H and O–H groups in total. The van der Waals surface area contributed by atoms with E-state index in [0.717, 1.165) is 12.8 Å². The number of rotatable bonds is 7. The lowest BCUT2D eigenvalue weighted by Crippen LogP contribution is -2.34. The second-order valence-electron chi connectivity index (χ2n) is 10.4. The molecule has 1 atom stereocenters. The number of carbonyl (C=O) groups is 1. The third-order valence-corrected chi connectivity index (χ3v) is 9.43. The summed E-state index contributed by atoms with van der Waals surface area (Å²) in [5.41, 5.74) is 7.08. The van der Waals surface area contributed by atoms with Crippen LogP contribution < -0.4 is 16.6 Å². The minimum Gasteiger partial charge on any atom is -0.382 e. The van der Waals surface area contributed by atoms with Crippen molar-refractivity contribution in [3.8, 4) is 11.3 Å². The molecule has 1 saturated heterocycles. The van der Waals surface area contributed by atoms with E-state index in [4.69, 9.17) is 17.3 Å². The van der Waals surface area contributed by atoms with Gasteiger partial charge in [0.1, 0.15) is 0 Å². The molecule has 1 fully saturated rings. The van der Waals surface area contributed by atoms with Crippen LogP contribution in [0.3, 0.4) is 0 Å². The molecule has 0 saturated carbocycles. The molecule has 0 spiro atoms. The fourth-order valence-corrected chi connectivity index (χ4v) is 6.98. The number of aromatic nitrogens is 3. The molecular weight excluding hydrogens is 564 g/mol. The van der Waals surface area contributed by atoms with Crippen molar-refractivity contribution in [1.29, 1.82) is 0 Å². The number of nitrogens with two attached hydrogens (primary N) is 1. The first-order chi connectivity index (χ1) is 19.5. The van der Waals surface area contributed by atoms with E-state index in [0.29, 0.717) is 45.8 Å². The van der Waals surface area contributed by atoms with Gasteiger partial charge in [-0.1, -0.05) is 35.9 Å². The fraction of sp³-hybridized carbons (Fsp3) is 0.310. The van der Waals surface area contributed by atoms with Gasteiger partial charge >= 0.3 is 0 Å². The van der Waals surface area contributed by atoms with Gasteiger partial charge in [-0.3, -0.25) is 9.59 Å². The molecule has 1 amide bonds. The Bertz CT molecular complexity index is 1820. The minimum absolute atomic E-state index is 0.0779. The molecule has 0 bridgehead atoms. The van der Waals surface area contributed by atoms with Crippen molar-refractivity contribution in [1.82, 2.24) is 24.2 Å². The zero-order valence-electron chi connectivity index (χ0n) is 23.0. The van der Waals surface area contributed by atoms with Crippen LogP contribution in [-0.4, -0.2) is 46.3 Å². The van der Waals surface area contributed by atoms with Crippen LogP contribution in [0.25, 0.3) is 22.0 Å². The van der Waals surface area contributed by atoms with E-state index in [9.17, 15) is 18.0 Å². The lowest BCUT2D eigenvalue weighted by molar-refractivity contribution is 0.0933. The monoisotopic (exact) mass is 594 g/mol. The van der Waals surface area contributed by atoms with Crippen LogP contribution in [0.1, 0.15) is 61.9 Å². The molecule has 1 aliphatic rings. The van der Waals surface area contributed by atoms with E-state index in [1.165, 1.54) is 16.6 Å². The highest BCUT2D eigenvalue weighted by molar-refractivity contribution is 7.89. The van der Waals surface area contributed by atoms with Crippen molar-refractivity contribution < 1.29 is 13.2 Å². The number of halogens is 1. The number of carbonyl (C=O) groups excluding carboxylic acids is 1. The number of pyridine rings is 1. The highest BCUT2D eigenvalue weighted by Gasteiger charge is 2.28. The van der Waals surface area contributed by atoms with E-state index in [-0.39, 0.29) is 28.0 Å². The van der Waals surface area contributed by atoms with Gasteiger partial charge in [-0.15, -0.1) is 0 Å². The molecule has 0 radical (unpaired) electrons. The summed E-state index contributed by atoms with van der Waals surface area (Å²) in [7, 11) is -3.64. The van der Waals surface area contributed by atoms with E-state index in [2.05, 4.69) is 15.3 Å². The number of amides is 1. The predicted octanol–water partition coefficient (Wildman–Crippen LogP) is 4.55. The Morgan fingerprint density at radius 2 is 1.78 bits per heavy atom. The van der Waals surface area contributed by atoms with Gasteiger partial charge in [0.15, 0.2) is 11.5 Å². The molecule has 214 valence electrons. The van der Waals surface area contributed by atoms with Crippen molar-refractivity contribution in [3.63, 3.8) is 0 Å². The molecule has 3 heterocycles. The van der Waals surface area contributed by atoms with Gasteiger partial charge in [0.05, 0.1) is 33.2 Å². The quantitative estimate of drug-likeness (QED) is 0.320. The number of hydrogen-bond acceptors (Lipinski definition) is 7. The summed E-state index contributed by atoms with van der Waals surface area (Å²) in [5, 5.41) is 4.34. The Balaban J connectivity index is 1.47. The van der Waals surface area contributed by atoms with Crippen molar-refractivity contribution in [2.45, 2.75) is 50.6 Å². The smallest absolute Gasteiger partial charge is 0.274 e. The summed E-state index contributed by atoms with van der Waals surface area (Å²) in [5.74, 6) is -0.662. The molecule has 0 aliphatic carbocycles. The summed E-state index contributed by atoms with van der Waals surface area (Å²) in [6, 6.07) is 12.7. The molecule has 4 aromatic rings. The topological polar surface area (TPSA) is 140 Å². The first-order valence-electron chi connectivity index (χ1n) is 13.4. The van der Waals surface area contributed by atoms with Crippen LogP contribution in [0.4, 0.5) is 5.82 Å². The van der Waals surface area contributed by atoms with E-state index in [1.54, 1.807) is 47.9 Å². The minimum atomic E-state index is -3.64. The number of nitrogens with zero attached hydrogens (tertiary/aromatic N) is 4. The molecule has 12 heteroatoms. The highest BCUT2D eigenvalue weighted by Crippen LogP contribution is 2.27. The van der Waals surface area contributed by atoms with Gasteiger partial charge in [-0.2, -0.15) is 4.31 Å². The summed E-state index contributed by atoms with van der Waals surface area (Å²) in [6.07, 6.45) is 3.07. The maximum atomic E-state index is 13.4. The van der Waals surface area contributed by atoms with E-state index < -0.39 is 22.0 Å². The SMILES string of the molecule is CC(C)n1c([C@H](C)NC(=O)c2nc(-c3cccc(S(=O)(=O)N4CCCC4)c3)cnc2N)cc2cccc(Cl)c2c1=O. The Morgan fingerprint density at radius 1 is 1.07 bits per heavy atom. The second-order valence-corrected chi connectivity index (χ2v) is 12.7. The summed E-state index contributed by atoms with van der Waals surface area (Å²) >= 11 is 6.34. The van der Waals surface area contributed by atoms with Gasteiger partial charge < -0.3 is 15.6 Å². The molecule has 10 nitrogen and oxygen atoms in total. The van der Waals surface area contributed by atoms with Crippen LogP contribution in [0.2, 0.25) is 5.02 Å². The van der Waals surface area contributed by atoms with Crippen molar-refractivity contribution in [2.24, 2.45) is 0 Å². The molecular formula is C29H31ClN6O4S. The molecule has 2 aromatic heterocycles. The third-order valence-electron chi connectivity index (χ3n) is 7.22. The number of benzene rings is 2. The number of hydrogen-bond donors (Lipinski definition) is 2. The number of anilines is 1. The maximum absolute atomic E-state index is 13.4. The number of nitrogens with one attached hydrogen (secondary N) is 1. The normalized spacial score (nSPS) is 15.0. The number of nitrogen functional groups attached to an aromatic ring is 1. The van der Waals surface area contributed by atoms with Crippen LogP contribution in [0.15, 0.2) is 64.4 Å². The fourth-order valence-electron chi connectivity index (χ4n) is 5.16. The molecule has 1 aliphatic heterocycles. The Morgan fingerprint density at radius 3 is 2.49 bits per heavy atom. The Hall–Kier alpha value is -3.80. The van der Waals surface area contributed by atoms with Gasteiger partial charge in [-0.25, -0.2) is 18.4 Å². The average Bonchev–Trinajstić information content (AvgIpc) is 3.49. The van der Waals surface area contributed by atoms with Crippen molar-refractivity contribution >= 4 is 44.1 Å². The van der Waals surface area contributed by atoms with E-state index in [1.807, 2.05) is 19.9 Å². The molecule has 5 rings (SSSR count). The van der Waals surface area contributed by atoms with Crippen LogP contribution in [0, 0.1) is 0 Å². The van der Waals surface area contributed by atoms with Crippen molar-refractivity contribution in [3.05, 3.63) is 81.5 Å². The Labute approximate surface area is 243 Å². The summed E-state index contributed by atoms with van der Waals surface area (Å²) in [6.45, 7) is 6.51. The standard InChI is InChI=1S/C29H31ClN6O4S/c1-17(2)36-24(15-20-9-7-11-22(30)25(20)29(36)38)18(3)33-28(37)26-27(31)32-16-23(34-26)19-8-6-10-21(14-19)41(39,40)35-12-4-5-13-35/h6-11,14-18H,4-5,12-13H2,1-3H3,(H2,31,32)(H,33,37)/t18-/m0/s1. The van der Waals surface area contributed by atoms with Gasteiger partial charge in [0.25, 0.3) is 11.5 Å². The van der Waals surface area contributed by atoms with Gasteiger partial charge in [0.2, 0.25) is 10.0 Å². The lowest BCUT2D eigenvalue weighted by Gasteiger charge is -2.23.